The minimum absolute atomic E-state index is 0.864. The maximum Gasteiger partial charge on any atom is 0.0614 e. The lowest BCUT2D eigenvalue weighted by Crippen LogP contribution is -1.79. The number of nitrogens with zero attached hydrogens (tertiary/aromatic N) is 3. The van der Waals surface area contributed by atoms with Crippen LogP contribution < -0.4 is 0 Å². The van der Waals surface area contributed by atoms with Gasteiger partial charge in [0.05, 0.1) is 12.8 Å². The summed E-state index contributed by atoms with van der Waals surface area (Å²) in [7, 11) is 1.59. The molecule has 0 aromatic rings. The van der Waals surface area contributed by atoms with Gasteiger partial charge in [-0.2, -0.15) is 5.11 Å². The molecule has 0 fully saturated rings. The lowest BCUT2D eigenvalue weighted by molar-refractivity contribution is 1.02. The normalized spacial score (nSPS) is 13.9. The summed E-state index contributed by atoms with van der Waals surface area (Å²) in [4.78, 5) is 0. The Hall–Kier alpha value is -0.990. The molecular formula is C6H11N3. The molecule has 0 heterocycles. The highest BCUT2D eigenvalue weighted by molar-refractivity contribution is 5.92. The first-order valence-corrected chi connectivity index (χ1v) is 2.77. The Balaban J connectivity index is 3.84. The maximum absolute atomic E-state index is 3.72. The van der Waals surface area contributed by atoms with Gasteiger partial charge in [0, 0.05) is 0 Å². The molecule has 9 heavy (non-hydrogen) atoms. The number of rotatable bonds is 2. The van der Waals surface area contributed by atoms with E-state index < -0.39 is 0 Å². The average Bonchev–Trinajstić information content (AvgIpc) is 1.85. The summed E-state index contributed by atoms with van der Waals surface area (Å²) in [6, 6.07) is 0. The van der Waals surface area contributed by atoms with Crippen molar-refractivity contribution in [1.82, 2.24) is 0 Å². The second kappa shape index (κ2) is 5.15. The van der Waals surface area contributed by atoms with E-state index in [-0.39, 0.29) is 0 Å². The largest absolute Gasteiger partial charge is 0.172 e. The van der Waals surface area contributed by atoms with E-state index in [0.717, 1.165) is 5.71 Å². The fourth-order valence-electron chi connectivity index (χ4n) is 0.390. The van der Waals surface area contributed by atoms with E-state index in [1.807, 2.05) is 26.0 Å². The summed E-state index contributed by atoms with van der Waals surface area (Å²) in [6.07, 6.45) is 3.78. The molecule has 0 amide bonds. The van der Waals surface area contributed by atoms with Crippen molar-refractivity contribution in [2.45, 2.75) is 13.8 Å². The van der Waals surface area contributed by atoms with Gasteiger partial charge >= 0.3 is 0 Å². The third-order valence-corrected chi connectivity index (χ3v) is 0.700. The molecule has 0 saturated heterocycles. The molecule has 3 nitrogen and oxygen atoms in total. The van der Waals surface area contributed by atoms with Crippen LogP contribution in [0.4, 0.5) is 0 Å². The highest BCUT2D eigenvalue weighted by atomic mass is 15.4. The fraction of sp³-hybridized carbons (Fsp3) is 0.500. The zero-order chi connectivity index (χ0) is 7.11. The van der Waals surface area contributed by atoms with Crippen LogP contribution in [0.1, 0.15) is 13.8 Å². The molecular weight excluding hydrogens is 114 g/mol. The summed E-state index contributed by atoms with van der Waals surface area (Å²) < 4.78 is 0. The molecule has 0 saturated carbocycles. The van der Waals surface area contributed by atoms with Crippen LogP contribution in [0.3, 0.4) is 0 Å². The first-order chi connectivity index (χ1) is 4.31. The van der Waals surface area contributed by atoms with Gasteiger partial charge in [0.1, 0.15) is 0 Å². The van der Waals surface area contributed by atoms with E-state index in [1.54, 1.807) is 7.05 Å². The Morgan fingerprint density at radius 2 is 2.11 bits per heavy atom. The van der Waals surface area contributed by atoms with Crippen molar-refractivity contribution < 1.29 is 0 Å². The maximum atomic E-state index is 3.72. The van der Waals surface area contributed by atoms with Crippen LogP contribution in [-0.4, -0.2) is 12.8 Å². The van der Waals surface area contributed by atoms with Crippen molar-refractivity contribution >= 4 is 5.71 Å². The predicted octanol–water partition coefficient (Wildman–Crippen LogP) is 2.02. The summed E-state index contributed by atoms with van der Waals surface area (Å²) in [5, 5.41) is 10.6. The minimum atomic E-state index is 0.864. The fourth-order valence-corrected chi connectivity index (χ4v) is 0.390. The molecule has 0 aliphatic heterocycles. The monoisotopic (exact) mass is 125 g/mol. The van der Waals surface area contributed by atoms with Gasteiger partial charge in [0.15, 0.2) is 0 Å². The lowest BCUT2D eigenvalue weighted by Gasteiger charge is -1.81. The molecule has 0 aliphatic carbocycles. The highest BCUT2D eigenvalue weighted by Gasteiger charge is 1.76. The van der Waals surface area contributed by atoms with E-state index in [0.29, 0.717) is 0 Å². The van der Waals surface area contributed by atoms with Gasteiger partial charge in [-0.25, -0.2) is 0 Å². The van der Waals surface area contributed by atoms with Crippen LogP contribution in [0.2, 0.25) is 0 Å². The SMILES string of the molecule is CC=C/C(C)=N\N=NC. The van der Waals surface area contributed by atoms with E-state index in [1.165, 1.54) is 0 Å². The van der Waals surface area contributed by atoms with Crippen LogP contribution in [0, 0.1) is 0 Å². The number of hydrogen-bond acceptors (Lipinski definition) is 2. The standard InChI is InChI=1S/C6H11N3/c1-4-5-6(2)8-9-7-3/h4-5H,1-3H3/b5-4?,8-6-,9-7?. The van der Waals surface area contributed by atoms with Crippen LogP contribution in [-0.2, 0) is 0 Å². The van der Waals surface area contributed by atoms with Gasteiger partial charge in [0.25, 0.3) is 0 Å². The second-order valence-electron chi connectivity index (χ2n) is 1.53. The van der Waals surface area contributed by atoms with Gasteiger partial charge in [-0.3, -0.25) is 0 Å². The van der Waals surface area contributed by atoms with Crippen molar-refractivity contribution in [3.8, 4) is 0 Å². The molecule has 0 rings (SSSR count). The zero-order valence-electron chi connectivity index (χ0n) is 6.00. The van der Waals surface area contributed by atoms with Crippen LogP contribution in [0.15, 0.2) is 27.6 Å². The van der Waals surface area contributed by atoms with Crippen LogP contribution in [0.5, 0.6) is 0 Å². The van der Waals surface area contributed by atoms with Crippen LogP contribution in [0.25, 0.3) is 0 Å². The summed E-state index contributed by atoms with van der Waals surface area (Å²) >= 11 is 0. The Morgan fingerprint density at radius 3 is 2.56 bits per heavy atom. The third kappa shape index (κ3) is 4.87. The molecule has 0 bridgehead atoms. The molecule has 0 aromatic carbocycles. The van der Waals surface area contributed by atoms with Gasteiger partial charge < -0.3 is 0 Å². The van der Waals surface area contributed by atoms with Gasteiger partial charge in [-0.1, -0.05) is 6.08 Å². The smallest absolute Gasteiger partial charge is 0.0614 e. The molecule has 0 radical (unpaired) electrons. The van der Waals surface area contributed by atoms with Crippen molar-refractivity contribution in [3.05, 3.63) is 12.2 Å². The quantitative estimate of drug-likeness (QED) is 0.307. The summed E-state index contributed by atoms with van der Waals surface area (Å²) in [5.41, 5.74) is 0.864. The first-order valence-electron chi connectivity index (χ1n) is 2.77. The number of allylic oxidation sites excluding steroid dienone is 2. The summed E-state index contributed by atoms with van der Waals surface area (Å²) in [6.45, 7) is 3.80. The van der Waals surface area contributed by atoms with E-state index in [9.17, 15) is 0 Å². The van der Waals surface area contributed by atoms with Crippen LogP contribution >= 0.6 is 0 Å². The Morgan fingerprint density at radius 1 is 1.44 bits per heavy atom. The van der Waals surface area contributed by atoms with Gasteiger partial charge in [-0.05, 0) is 25.1 Å². The second-order valence-corrected chi connectivity index (χ2v) is 1.53. The molecule has 0 aliphatic rings. The zero-order valence-corrected chi connectivity index (χ0v) is 6.00. The Labute approximate surface area is 55.2 Å². The van der Waals surface area contributed by atoms with Crippen molar-refractivity contribution in [1.29, 1.82) is 0 Å². The van der Waals surface area contributed by atoms with Crippen molar-refractivity contribution in [2.75, 3.05) is 7.05 Å². The van der Waals surface area contributed by atoms with Gasteiger partial charge in [-0.15, -0.1) is 5.10 Å². The number of hydrogen-bond donors (Lipinski definition) is 0. The predicted molar refractivity (Wildman–Crippen MR) is 38.7 cm³/mol. The van der Waals surface area contributed by atoms with E-state index in [2.05, 4.69) is 15.4 Å². The molecule has 0 unspecified atom stereocenters. The van der Waals surface area contributed by atoms with Crippen molar-refractivity contribution in [2.24, 2.45) is 15.4 Å². The van der Waals surface area contributed by atoms with Gasteiger partial charge in [0.2, 0.25) is 0 Å². The third-order valence-electron chi connectivity index (χ3n) is 0.700. The Bertz CT molecular complexity index is 144. The lowest BCUT2D eigenvalue weighted by atomic mass is 10.4. The minimum Gasteiger partial charge on any atom is -0.172 e. The molecule has 3 heteroatoms. The summed E-state index contributed by atoms with van der Waals surface area (Å²) in [5.74, 6) is 0. The molecule has 50 valence electrons. The Kier molecular flexibility index (Phi) is 4.59. The van der Waals surface area contributed by atoms with Crippen molar-refractivity contribution in [3.63, 3.8) is 0 Å². The molecule has 0 spiro atoms. The van der Waals surface area contributed by atoms with E-state index in [4.69, 9.17) is 0 Å². The molecule has 0 aromatic heterocycles. The average molecular weight is 125 g/mol. The topological polar surface area (TPSA) is 37.1 Å². The highest BCUT2D eigenvalue weighted by Crippen LogP contribution is 1.81. The first kappa shape index (κ1) is 8.01. The van der Waals surface area contributed by atoms with E-state index >= 15 is 0 Å². The molecule has 0 N–H and O–H groups in total. The molecule has 0 atom stereocenters.